The maximum atomic E-state index is 11.3. The summed E-state index contributed by atoms with van der Waals surface area (Å²) in [6.45, 7) is 2.60. The Morgan fingerprint density at radius 2 is 1.88 bits per heavy atom. The van der Waals surface area contributed by atoms with Crippen molar-refractivity contribution in [3.63, 3.8) is 0 Å². The summed E-state index contributed by atoms with van der Waals surface area (Å²) in [6.07, 6.45) is 1.18. The molecule has 1 aromatic rings. The lowest BCUT2D eigenvalue weighted by atomic mass is 10.2. The van der Waals surface area contributed by atoms with Gasteiger partial charge in [0.05, 0.1) is 11.9 Å². The number of hydrogen-bond donors (Lipinski definition) is 2. The number of sulfonamides is 1. The summed E-state index contributed by atoms with van der Waals surface area (Å²) in [5.41, 5.74) is 7.19. The van der Waals surface area contributed by atoms with Crippen LogP contribution in [0.5, 0.6) is 0 Å². The SMILES string of the molecule is CC(N)CNc1ccc(N(C)S(C)(=O)=O)cc1. The molecule has 0 aromatic heterocycles. The van der Waals surface area contributed by atoms with E-state index in [0.29, 0.717) is 12.2 Å². The Morgan fingerprint density at radius 1 is 1.35 bits per heavy atom. The third-order valence-corrected chi connectivity index (χ3v) is 3.56. The fourth-order valence-corrected chi connectivity index (χ4v) is 1.76. The van der Waals surface area contributed by atoms with Crippen LogP contribution in [0, 0.1) is 0 Å². The lowest BCUT2D eigenvalue weighted by Gasteiger charge is -2.17. The van der Waals surface area contributed by atoms with Gasteiger partial charge in [-0.3, -0.25) is 4.31 Å². The number of nitrogens with zero attached hydrogens (tertiary/aromatic N) is 1. The van der Waals surface area contributed by atoms with Crippen LogP contribution < -0.4 is 15.4 Å². The topological polar surface area (TPSA) is 75.4 Å². The first-order chi connectivity index (χ1) is 7.80. The molecule has 3 N–H and O–H groups in total. The summed E-state index contributed by atoms with van der Waals surface area (Å²) < 4.78 is 23.9. The summed E-state index contributed by atoms with van der Waals surface area (Å²) in [7, 11) is -1.67. The van der Waals surface area contributed by atoms with E-state index in [0.717, 1.165) is 5.69 Å². The van der Waals surface area contributed by atoms with Crippen LogP contribution in [0.25, 0.3) is 0 Å². The van der Waals surface area contributed by atoms with Crippen molar-refractivity contribution in [3.8, 4) is 0 Å². The van der Waals surface area contributed by atoms with Crippen LogP contribution in [0.15, 0.2) is 24.3 Å². The summed E-state index contributed by atoms with van der Waals surface area (Å²) in [5.74, 6) is 0. The Bertz CT molecular complexity index is 454. The van der Waals surface area contributed by atoms with Crippen LogP contribution in [0.4, 0.5) is 11.4 Å². The highest BCUT2D eigenvalue weighted by molar-refractivity contribution is 7.92. The van der Waals surface area contributed by atoms with Gasteiger partial charge in [-0.25, -0.2) is 8.42 Å². The van der Waals surface area contributed by atoms with Crippen LogP contribution in [0.1, 0.15) is 6.92 Å². The van der Waals surface area contributed by atoms with E-state index in [1.807, 2.05) is 19.1 Å². The second kappa shape index (κ2) is 5.37. The third kappa shape index (κ3) is 4.24. The molecule has 1 unspecified atom stereocenters. The Labute approximate surface area is 103 Å². The lowest BCUT2D eigenvalue weighted by Crippen LogP contribution is -2.25. The molecule has 0 bridgehead atoms. The van der Waals surface area contributed by atoms with Gasteiger partial charge in [0.2, 0.25) is 10.0 Å². The van der Waals surface area contributed by atoms with E-state index in [4.69, 9.17) is 5.73 Å². The van der Waals surface area contributed by atoms with E-state index in [9.17, 15) is 8.42 Å². The summed E-state index contributed by atoms with van der Waals surface area (Å²) in [4.78, 5) is 0. The molecule has 0 spiro atoms. The van der Waals surface area contributed by atoms with Crippen molar-refractivity contribution in [1.29, 1.82) is 0 Å². The van der Waals surface area contributed by atoms with Crippen molar-refractivity contribution in [1.82, 2.24) is 0 Å². The molecule has 0 fully saturated rings. The van der Waals surface area contributed by atoms with E-state index in [1.54, 1.807) is 12.1 Å². The molecular weight excluding hydrogens is 238 g/mol. The molecule has 0 saturated carbocycles. The fraction of sp³-hybridized carbons (Fsp3) is 0.455. The van der Waals surface area contributed by atoms with Gasteiger partial charge in [-0.1, -0.05) is 0 Å². The standard InChI is InChI=1S/C11H19N3O2S/c1-9(12)8-13-10-4-6-11(7-5-10)14(2)17(3,15)16/h4-7,9,13H,8,12H2,1-3H3. The molecule has 1 atom stereocenters. The van der Waals surface area contributed by atoms with Gasteiger partial charge in [0.15, 0.2) is 0 Å². The van der Waals surface area contributed by atoms with Gasteiger partial charge < -0.3 is 11.1 Å². The van der Waals surface area contributed by atoms with Crippen molar-refractivity contribution < 1.29 is 8.42 Å². The van der Waals surface area contributed by atoms with Gasteiger partial charge in [-0.2, -0.15) is 0 Å². The van der Waals surface area contributed by atoms with Gasteiger partial charge in [-0.05, 0) is 31.2 Å². The lowest BCUT2D eigenvalue weighted by molar-refractivity contribution is 0.600. The molecule has 17 heavy (non-hydrogen) atoms. The molecule has 5 nitrogen and oxygen atoms in total. The second-order valence-corrected chi connectivity index (χ2v) is 6.15. The molecule has 96 valence electrons. The number of nitrogens with two attached hydrogens (primary N) is 1. The highest BCUT2D eigenvalue weighted by atomic mass is 32.2. The predicted octanol–water partition coefficient (Wildman–Crippen LogP) is 0.841. The number of anilines is 2. The summed E-state index contributed by atoms with van der Waals surface area (Å²) >= 11 is 0. The zero-order chi connectivity index (χ0) is 13.1. The summed E-state index contributed by atoms with van der Waals surface area (Å²) in [5, 5.41) is 3.16. The first-order valence-corrected chi connectivity index (χ1v) is 7.19. The van der Waals surface area contributed by atoms with Crippen LogP contribution in [-0.2, 0) is 10.0 Å². The van der Waals surface area contributed by atoms with Crippen LogP contribution in [0.2, 0.25) is 0 Å². The third-order valence-electron chi connectivity index (χ3n) is 2.36. The Morgan fingerprint density at radius 3 is 2.29 bits per heavy atom. The largest absolute Gasteiger partial charge is 0.383 e. The Hall–Kier alpha value is -1.27. The molecule has 0 aliphatic carbocycles. The van der Waals surface area contributed by atoms with Crippen LogP contribution >= 0.6 is 0 Å². The van der Waals surface area contributed by atoms with Gasteiger partial charge in [-0.15, -0.1) is 0 Å². The van der Waals surface area contributed by atoms with Gasteiger partial charge in [0, 0.05) is 25.3 Å². The van der Waals surface area contributed by atoms with Crippen molar-refractivity contribution in [3.05, 3.63) is 24.3 Å². The van der Waals surface area contributed by atoms with Crippen molar-refractivity contribution in [2.24, 2.45) is 5.73 Å². The molecule has 0 amide bonds. The highest BCUT2D eigenvalue weighted by Crippen LogP contribution is 2.18. The van der Waals surface area contributed by atoms with E-state index in [-0.39, 0.29) is 6.04 Å². The molecule has 0 heterocycles. The Balaban J connectivity index is 2.75. The maximum absolute atomic E-state index is 11.3. The fourth-order valence-electron chi connectivity index (χ4n) is 1.26. The smallest absolute Gasteiger partial charge is 0.231 e. The average Bonchev–Trinajstić information content (AvgIpc) is 2.25. The maximum Gasteiger partial charge on any atom is 0.231 e. The van der Waals surface area contributed by atoms with E-state index in [2.05, 4.69) is 5.32 Å². The van der Waals surface area contributed by atoms with Crippen molar-refractivity contribution >= 4 is 21.4 Å². The number of rotatable bonds is 5. The zero-order valence-electron chi connectivity index (χ0n) is 10.3. The minimum atomic E-state index is -3.20. The first-order valence-electron chi connectivity index (χ1n) is 5.34. The van der Waals surface area contributed by atoms with E-state index >= 15 is 0 Å². The van der Waals surface area contributed by atoms with Gasteiger partial charge >= 0.3 is 0 Å². The molecule has 0 radical (unpaired) electrons. The molecule has 0 aliphatic rings. The van der Waals surface area contributed by atoms with Crippen molar-refractivity contribution in [2.45, 2.75) is 13.0 Å². The quantitative estimate of drug-likeness (QED) is 0.819. The van der Waals surface area contributed by atoms with Gasteiger partial charge in [0.1, 0.15) is 0 Å². The normalized spacial score (nSPS) is 13.2. The first kappa shape index (κ1) is 13.8. The zero-order valence-corrected chi connectivity index (χ0v) is 11.2. The predicted molar refractivity (Wildman–Crippen MR) is 71.8 cm³/mol. The molecule has 1 rings (SSSR count). The Kier molecular flexibility index (Phi) is 4.36. The molecule has 6 heteroatoms. The van der Waals surface area contributed by atoms with Crippen LogP contribution in [0.3, 0.4) is 0 Å². The number of hydrogen-bond acceptors (Lipinski definition) is 4. The van der Waals surface area contributed by atoms with E-state index < -0.39 is 10.0 Å². The average molecular weight is 257 g/mol. The monoisotopic (exact) mass is 257 g/mol. The molecular formula is C11H19N3O2S. The summed E-state index contributed by atoms with van der Waals surface area (Å²) in [6, 6.07) is 7.25. The minimum absolute atomic E-state index is 0.0772. The van der Waals surface area contributed by atoms with Crippen molar-refractivity contribution in [2.75, 3.05) is 29.5 Å². The second-order valence-electron chi connectivity index (χ2n) is 4.14. The van der Waals surface area contributed by atoms with Crippen LogP contribution in [-0.4, -0.2) is 34.3 Å². The molecule has 0 aliphatic heterocycles. The van der Waals surface area contributed by atoms with E-state index in [1.165, 1.54) is 17.6 Å². The molecule has 1 aromatic carbocycles. The number of benzene rings is 1. The highest BCUT2D eigenvalue weighted by Gasteiger charge is 2.11. The number of nitrogens with one attached hydrogen (secondary N) is 1. The molecule has 0 saturated heterocycles. The van der Waals surface area contributed by atoms with Gasteiger partial charge in [0.25, 0.3) is 0 Å². The minimum Gasteiger partial charge on any atom is -0.383 e.